The van der Waals surface area contributed by atoms with Crippen LogP contribution in [0.5, 0.6) is 0 Å². The minimum absolute atomic E-state index is 0. The summed E-state index contributed by atoms with van der Waals surface area (Å²) in [6, 6.07) is 7.58. The van der Waals surface area contributed by atoms with Gasteiger partial charge < -0.3 is 5.32 Å². The Morgan fingerprint density at radius 2 is 2.12 bits per heavy atom. The van der Waals surface area contributed by atoms with Gasteiger partial charge in [-0.3, -0.25) is 9.36 Å². The molecule has 0 bridgehead atoms. The average Bonchev–Trinajstić information content (AvgIpc) is 2.60. The van der Waals surface area contributed by atoms with E-state index < -0.39 is 0 Å². The summed E-state index contributed by atoms with van der Waals surface area (Å²) in [4.78, 5) is 16.1. The summed E-state index contributed by atoms with van der Waals surface area (Å²) in [6.45, 7) is 2.46. The number of hydrogen-bond acceptors (Lipinski definition) is 2. The number of aryl methyl sites for hydroxylation is 1. The monoisotopic (exact) mass is 249 g/mol. The Balaban J connectivity index is 0.00000108. The van der Waals surface area contributed by atoms with Crippen molar-refractivity contribution in [2.75, 3.05) is 0 Å². The SMILES string of the molecule is Cc1ncc2n1-c1ccccc1C(=O)NC2.Cl. The molecule has 0 atom stereocenters. The number of carbonyl (C=O) groups is 1. The molecule has 2 aromatic rings. The predicted molar refractivity (Wildman–Crippen MR) is 66.7 cm³/mol. The maximum absolute atomic E-state index is 11.8. The van der Waals surface area contributed by atoms with E-state index in [2.05, 4.69) is 10.3 Å². The van der Waals surface area contributed by atoms with Crippen molar-refractivity contribution in [1.29, 1.82) is 0 Å². The van der Waals surface area contributed by atoms with Gasteiger partial charge in [0.1, 0.15) is 5.82 Å². The minimum atomic E-state index is -0.0290. The molecular weight excluding hydrogens is 238 g/mol. The summed E-state index contributed by atoms with van der Waals surface area (Å²) in [7, 11) is 0. The summed E-state index contributed by atoms with van der Waals surface area (Å²) >= 11 is 0. The van der Waals surface area contributed by atoms with Gasteiger partial charge in [0.2, 0.25) is 0 Å². The molecule has 5 heteroatoms. The first-order valence-corrected chi connectivity index (χ1v) is 5.18. The fourth-order valence-electron chi connectivity index (χ4n) is 2.07. The quantitative estimate of drug-likeness (QED) is 0.775. The van der Waals surface area contributed by atoms with Crippen LogP contribution in [-0.2, 0) is 6.54 Å². The lowest BCUT2D eigenvalue weighted by Gasteiger charge is -2.08. The van der Waals surface area contributed by atoms with Gasteiger partial charge in [-0.25, -0.2) is 4.98 Å². The van der Waals surface area contributed by atoms with Crippen LogP contribution in [0, 0.1) is 6.92 Å². The van der Waals surface area contributed by atoms with Crippen LogP contribution in [0.1, 0.15) is 21.9 Å². The van der Waals surface area contributed by atoms with E-state index in [4.69, 9.17) is 0 Å². The zero-order chi connectivity index (χ0) is 11.1. The Morgan fingerprint density at radius 1 is 1.35 bits per heavy atom. The number of nitrogens with zero attached hydrogens (tertiary/aromatic N) is 2. The topological polar surface area (TPSA) is 46.9 Å². The number of hydrogen-bond donors (Lipinski definition) is 1. The van der Waals surface area contributed by atoms with E-state index in [1.165, 1.54) is 0 Å². The number of benzene rings is 1. The standard InChI is InChI=1S/C12H11N3O.ClH/c1-8-13-6-9-7-14-12(16)10-4-2-3-5-11(10)15(8)9;/h2-6H,7H2,1H3,(H,14,16);1H. The van der Waals surface area contributed by atoms with E-state index in [0.29, 0.717) is 12.1 Å². The van der Waals surface area contributed by atoms with Gasteiger partial charge in [-0.1, -0.05) is 12.1 Å². The molecular formula is C12H12ClN3O. The van der Waals surface area contributed by atoms with Gasteiger partial charge in [0.15, 0.2) is 0 Å². The highest BCUT2D eigenvalue weighted by atomic mass is 35.5. The highest BCUT2D eigenvalue weighted by Gasteiger charge is 2.20. The Bertz CT molecular complexity index is 577. The molecule has 0 spiro atoms. The number of fused-ring (bicyclic) bond motifs is 3. The molecule has 0 fully saturated rings. The minimum Gasteiger partial charge on any atom is -0.346 e. The fourth-order valence-corrected chi connectivity index (χ4v) is 2.07. The molecule has 0 saturated heterocycles. The fraction of sp³-hybridized carbons (Fsp3) is 0.167. The van der Waals surface area contributed by atoms with Gasteiger partial charge in [-0.2, -0.15) is 0 Å². The van der Waals surface area contributed by atoms with Crippen LogP contribution in [0.2, 0.25) is 0 Å². The molecule has 0 unspecified atom stereocenters. The van der Waals surface area contributed by atoms with Gasteiger partial charge in [0.05, 0.1) is 29.7 Å². The second-order valence-corrected chi connectivity index (χ2v) is 3.83. The first-order chi connectivity index (χ1) is 7.77. The number of imidazole rings is 1. The van der Waals surface area contributed by atoms with E-state index in [-0.39, 0.29) is 18.3 Å². The molecule has 2 heterocycles. The normalized spacial score (nSPS) is 12.9. The largest absolute Gasteiger partial charge is 0.346 e. The van der Waals surface area contributed by atoms with Crippen LogP contribution < -0.4 is 5.32 Å². The van der Waals surface area contributed by atoms with Crippen molar-refractivity contribution in [3.8, 4) is 5.69 Å². The predicted octanol–water partition coefficient (Wildman–Crippen LogP) is 1.85. The van der Waals surface area contributed by atoms with Crippen LogP contribution in [-0.4, -0.2) is 15.5 Å². The second kappa shape index (κ2) is 4.22. The Kier molecular flexibility index (Phi) is 2.90. The van der Waals surface area contributed by atoms with Crippen molar-refractivity contribution in [1.82, 2.24) is 14.9 Å². The van der Waals surface area contributed by atoms with Crippen LogP contribution in [0.15, 0.2) is 30.5 Å². The molecule has 0 saturated carbocycles. The van der Waals surface area contributed by atoms with E-state index in [1.54, 1.807) is 6.20 Å². The first kappa shape index (κ1) is 11.7. The molecule has 88 valence electrons. The smallest absolute Gasteiger partial charge is 0.253 e. The lowest BCUT2D eigenvalue weighted by atomic mass is 10.1. The van der Waals surface area contributed by atoms with E-state index in [9.17, 15) is 4.79 Å². The number of aromatic nitrogens is 2. The molecule has 1 aromatic carbocycles. The molecule has 17 heavy (non-hydrogen) atoms. The lowest BCUT2D eigenvalue weighted by molar-refractivity contribution is 0.0953. The molecule has 1 aliphatic heterocycles. The van der Waals surface area contributed by atoms with Gasteiger partial charge in [0.25, 0.3) is 5.91 Å². The van der Waals surface area contributed by atoms with Crippen molar-refractivity contribution < 1.29 is 4.79 Å². The van der Waals surface area contributed by atoms with Crippen LogP contribution in [0.3, 0.4) is 0 Å². The molecule has 3 rings (SSSR count). The molecule has 0 aliphatic carbocycles. The number of nitrogens with one attached hydrogen (secondary N) is 1. The maximum Gasteiger partial charge on any atom is 0.253 e. The summed E-state index contributed by atoms with van der Waals surface area (Å²) in [5.41, 5.74) is 2.61. The number of para-hydroxylation sites is 1. The third-order valence-electron chi connectivity index (χ3n) is 2.83. The zero-order valence-electron chi connectivity index (χ0n) is 9.30. The summed E-state index contributed by atoms with van der Waals surface area (Å²) in [5, 5.41) is 2.87. The lowest BCUT2D eigenvalue weighted by Crippen LogP contribution is -2.21. The van der Waals surface area contributed by atoms with E-state index >= 15 is 0 Å². The summed E-state index contributed by atoms with van der Waals surface area (Å²) in [6.07, 6.45) is 1.80. The van der Waals surface area contributed by atoms with Gasteiger partial charge in [-0.05, 0) is 19.1 Å². The highest BCUT2D eigenvalue weighted by Crippen LogP contribution is 2.21. The first-order valence-electron chi connectivity index (χ1n) is 5.18. The third-order valence-corrected chi connectivity index (χ3v) is 2.83. The zero-order valence-corrected chi connectivity index (χ0v) is 10.1. The Morgan fingerprint density at radius 3 is 2.94 bits per heavy atom. The van der Waals surface area contributed by atoms with Crippen LogP contribution in [0.25, 0.3) is 5.69 Å². The van der Waals surface area contributed by atoms with Crippen molar-refractivity contribution >= 4 is 18.3 Å². The molecule has 1 amide bonds. The maximum atomic E-state index is 11.8. The van der Waals surface area contributed by atoms with Crippen molar-refractivity contribution in [3.63, 3.8) is 0 Å². The molecule has 4 nitrogen and oxygen atoms in total. The molecule has 1 aromatic heterocycles. The van der Waals surface area contributed by atoms with Crippen molar-refractivity contribution in [3.05, 3.63) is 47.5 Å². The summed E-state index contributed by atoms with van der Waals surface area (Å²) < 4.78 is 2.02. The number of amides is 1. The molecule has 0 radical (unpaired) electrons. The van der Waals surface area contributed by atoms with Crippen molar-refractivity contribution in [2.24, 2.45) is 0 Å². The Hall–Kier alpha value is -1.81. The highest BCUT2D eigenvalue weighted by molar-refractivity contribution is 5.98. The summed E-state index contributed by atoms with van der Waals surface area (Å²) in [5.74, 6) is 0.873. The number of halogens is 1. The van der Waals surface area contributed by atoms with Crippen molar-refractivity contribution in [2.45, 2.75) is 13.5 Å². The van der Waals surface area contributed by atoms with E-state index in [0.717, 1.165) is 17.2 Å². The number of rotatable bonds is 0. The van der Waals surface area contributed by atoms with Crippen LogP contribution >= 0.6 is 12.4 Å². The molecule has 1 aliphatic rings. The van der Waals surface area contributed by atoms with Crippen LogP contribution in [0.4, 0.5) is 0 Å². The van der Waals surface area contributed by atoms with Gasteiger partial charge in [-0.15, -0.1) is 12.4 Å². The molecule has 1 N–H and O–H groups in total. The Labute approximate surface area is 105 Å². The van der Waals surface area contributed by atoms with Gasteiger partial charge in [0, 0.05) is 0 Å². The number of carbonyl (C=O) groups excluding carboxylic acids is 1. The van der Waals surface area contributed by atoms with E-state index in [1.807, 2.05) is 35.8 Å². The second-order valence-electron chi connectivity index (χ2n) is 3.83. The van der Waals surface area contributed by atoms with Gasteiger partial charge >= 0.3 is 0 Å². The average molecular weight is 250 g/mol. The third kappa shape index (κ3) is 1.70.